The zero-order valence-corrected chi connectivity index (χ0v) is 14.2. The van der Waals surface area contributed by atoms with Gasteiger partial charge in [-0.2, -0.15) is 0 Å². The summed E-state index contributed by atoms with van der Waals surface area (Å²) in [5.74, 6) is -1.24. The second kappa shape index (κ2) is 8.19. The van der Waals surface area contributed by atoms with Crippen LogP contribution < -0.4 is 0 Å². The number of nitro benzene ring substituents is 1. The largest absolute Gasteiger partial charge is 0.454 e. The number of hydrogen-bond donors (Lipinski definition) is 0. The van der Waals surface area contributed by atoms with Gasteiger partial charge >= 0.3 is 5.97 Å². The molecule has 6 heteroatoms. The molecule has 0 amide bonds. The van der Waals surface area contributed by atoms with Gasteiger partial charge < -0.3 is 4.74 Å². The van der Waals surface area contributed by atoms with E-state index in [1.807, 2.05) is 12.1 Å². The third-order valence-corrected chi connectivity index (χ3v) is 3.79. The molecule has 25 heavy (non-hydrogen) atoms. The number of aryl methyl sites for hydroxylation is 2. The molecule has 0 heterocycles. The number of ether oxygens (including phenoxy) is 1. The molecule has 0 spiro atoms. The molecule has 0 aromatic heterocycles. The monoisotopic (exact) mass is 341 g/mol. The normalized spacial score (nSPS) is 10.3. The number of para-hydroxylation sites is 1. The molecule has 0 radical (unpaired) electrons. The molecule has 0 bridgehead atoms. The maximum atomic E-state index is 12.1. The summed E-state index contributed by atoms with van der Waals surface area (Å²) in [5, 5.41) is 11.1. The maximum Gasteiger partial charge on any atom is 0.345 e. The molecule has 0 saturated heterocycles. The van der Waals surface area contributed by atoms with Gasteiger partial charge in [0.15, 0.2) is 12.4 Å². The van der Waals surface area contributed by atoms with Gasteiger partial charge in [-0.1, -0.05) is 49.7 Å². The lowest BCUT2D eigenvalue weighted by atomic mass is 10.1. The Morgan fingerprint density at radius 3 is 2.40 bits per heavy atom. The Kier molecular flexibility index (Phi) is 6.00. The first-order chi connectivity index (χ1) is 11.9. The molecule has 0 aliphatic rings. The highest BCUT2D eigenvalue weighted by Crippen LogP contribution is 2.23. The third kappa shape index (κ3) is 4.50. The average Bonchev–Trinajstić information content (AvgIpc) is 2.59. The van der Waals surface area contributed by atoms with Crippen molar-refractivity contribution < 1.29 is 19.2 Å². The highest BCUT2D eigenvalue weighted by Gasteiger charge is 2.24. The van der Waals surface area contributed by atoms with Crippen LogP contribution in [0.4, 0.5) is 5.69 Å². The van der Waals surface area contributed by atoms with E-state index in [1.54, 1.807) is 12.1 Å². The van der Waals surface area contributed by atoms with E-state index in [2.05, 4.69) is 6.92 Å². The lowest BCUT2D eigenvalue weighted by Crippen LogP contribution is -2.15. The van der Waals surface area contributed by atoms with E-state index < -0.39 is 17.5 Å². The molecule has 0 aliphatic heterocycles. The lowest BCUT2D eigenvalue weighted by Gasteiger charge is -2.07. The fourth-order valence-electron chi connectivity index (χ4n) is 2.50. The Balaban J connectivity index is 2.06. The van der Waals surface area contributed by atoms with Crippen LogP contribution in [0.1, 0.15) is 45.2 Å². The van der Waals surface area contributed by atoms with Crippen LogP contribution in [0.15, 0.2) is 42.5 Å². The third-order valence-electron chi connectivity index (χ3n) is 3.79. The van der Waals surface area contributed by atoms with Crippen LogP contribution in [-0.2, 0) is 11.2 Å². The predicted octanol–water partition coefficient (Wildman–Crippen LogP) is 3.90. The predicted molar refractivity (Wildman–Crippen MR) is 92.9 cm³/mol. The number of rotatable bonds is 7. The first kappa shape index (κ1) is 18.3. The summed E-state index contributed by atoms with van der Waals surface area (Å²) in [5.41, 5.74) is 1.47. The molecule has 6 nitrogen and oxygen atoms in total. The summed E-state index contributed by atoms with van der Waals surface area (Å²) in [7, 11) is 0. The molecule has 0 aliphatic carbocycles. The molecule has 130 valence electrons. The van der Waals surface area contributed by atoms with E-state index in [0.29, 0.717) is 11.1 Å². The smallest absolute Gasteiger partial charge is 0.345 e. The van der Waals surface area contributed by atoms with E-state index in [9.17, 15) is 19.7 Å². The summed E-state index contributed by atoms with van der Waals surface area (Å²) in [4.78, 5) is 34.7. The van der Waals surface area contributed by atoms with E-state index >= 15 is 0 Å². The first-order valence-electron chi connectivity index (χ1n) is 7.97. The number of esters is 1. The summed E-state index contributed by atoms with van der Waals surface area (Å²) in [6.45, 7) is 3.15. The Morgan fingerprint density at radius 1 is 1.12 bits per heavy atom. The molecule has 0 N–H and O–H groups in total. The van der Waals surface area contributed by atoms with Crippen LogP contribution in [0.25, 0.3) is 0 Å². The number of Topliss-reactive ketones (excluding diaryl/α,β-unsaturated/α-hetero) is 1. The van der Waals surface area contributed by atoms with Gasteiger partial charge in [0, 0.05) is 11.1 Å². The molecule has 0 unspecified atom stereocenters. The highest BCUT2D eigenvalue weighted by molar-refractivity contribution is 6.00. The van der Waals surface area contributed by atoms with Gasteiger partial charge in [-0.3, -0.25) is 14.9 Å². The SMILES string of the molecule is CCCc1ccc(C(=O)COC(=O)c2cccc(C)c2[N+](=O)[O-])cc1. The number of nitro groups is 1. The topological polar surface area (TPSA) is 86.5 Å². The standard InChI is InChI=1S/C19H19NO5/c1-3-5-14-8-10-15(11-9-14)17(21)12-25-19(22)16-7-4-6-13(2)18(16)20(23)24/h4,6-11H,3,5,12H2,1-2H3. The molecule has 2 rings (SSSR count). The van der Waals surface area contributed by atoms with Gasteiger partial charge in [0.05, 0.1) is 4.92 Å². The van der Waals surface area contributed by atoms with Crippen molar-refractivity contribution in [3.05, 3.63) is 74.8 Å². The zero-order valence-electron chi connectivity index (χ0n) is 14.2. The Hall–Kier alpha value is -3.02. The molecular weight excluding hydrogens is 322 g/mol. The minimum absolute atomic E-state index is 0.156. The highest BCUT2D eigenvalue weighted by atomic mass is 16.6. The van der Waals surface area contributed by atoms with Crippen molar-refractivity contribution in [2.45, 2.75) is 26.7 Å². The van der Waals surface area contributed by atoms with E-state index in [0.717, 1.165) is 18.4 Å². The summed E-state index contributed by atoms with van der Waals surface area (Å²) in [6, 6.07) is 11.5. The van der Waals surface area contributed by atoms with E-state index in [1.165, 1.54) is 25.1 Å². The van der Waals surface area contributed by atoms with Gasteiger partial charge in [-0.25, -0.2) is 4.79 Å². The van der Waals surface area contributed by atoms with Crippen LogP contribution in [-0.4, -0.2) is 23.3 Å². The molecule has 0 fully saturated rings. The van der Waals surface area contributed by atoms with Gasteiger partial charge in [0.2, 0.25) is 0 Å². The molecule has 0 atom stereocenters. The van der Waals surface area contributed by atoms with E-state index in [-0.39, 0.29) is 17.0 Å². The zero-order chi connectivity index (χ0) is 18.4. The number of hydrogen-bond acceptors (Lipinski definition) is 5. The molecule has 0 saturated carbocycles. The molecular formula is C19H19NO5. The minimum atomic E-state index is -0.883. The van der Waals surface area contributed by atoms with Crippen molar-refractivity contribution in [2.24, 2.45) is 0 Å². The van der Waals surface area contributed by atoms with E-state index in [4.69, 9.17) is 4.74 Å². The van der Waals surface area contributed by atoms with Crippen molar-refractivity contribution >= 4 is 17.4 Å². The molecule has 2 aromatic carbocycles. The van der Waals surface area contributed by atoms with Crippen LogP contribution >= 0.6 is 0 Å². The van der Waals surface area contributed by atoms with Crippen molar-refractivity contribution in [3.63, 3.8) is 0 Å². The van der Waals surface area contributed by atoms with Crippen molar-refractivity contribution in [1.82, 2.24) is 0 Å². The Labute approximate surface area is 145 Å². The Bertz CT molecular complexity index is 796. The average molecular weight is 341 g/mol. The van der Waals surface area contributed by atoms with Crippen LogP contribution in [0.5, 0.6) is 0 Å². The van der Waals surface area contributed by atoms with Gasteiger partial charge in [0.25, 0.3) is 5.69 Å². The number of benzene rings is 2. The molecule has 2 aromatic rings. The first-order valence-corrected chi connectivity index (χ1v) is 7.97. The fourth-order valence-corrected chi connectivity index (χ4v) is 2.50. The summed E-state index contributed by atoms with van der Waals surface area (Å²) >= 11 is 0. The van der Waals surface area contributed by atoms with Gasteiger partial charge in [-0.15, -0.1) is 0 Å². The maximum absolute atomic E-state index is 12.1. The number of carbonyl (C=O) groups is 2. The number of carbonyl (C=O) groups excluding carboxylic acids is 2. The van der Waals surface area contributed by atoms with Gasteiger partial charge in [0.1, 0.15) is 5.56 Å². The van der Waals surface area contributed by atoms with Crippen molar-refractivity contribution in [2.75, 3.05) is 6.61 Å². The minimum Gasteiger partial charge on any atom is -0.454 e. The Morgan fingerprint density at radius 2 is 1.80 bits per heavy atom. The number of nitrogens with zero attached hydrogens (tertiary/aromatic N) is 1. The van der Waals surface area contributed by atoms with Crippen LogP contribution in [0, 0.1) is 17.0 Å². The second-order valence-electron chi connectivity index (χ2n) is 5.67. The second-order valence-corrected chi connectivity index (χ2v) is 5.67. The lowest BCUT2D eigenvalue weighted by molar-refractivity contribution is -0.385. The van der Waals surface area contributed by atoms with Crippen molar-refractivity contribution in [3.8, 4) is 0 Å². The van der Waals surface area contributed by atoms with Crippen LogP contribution in [0.2, 0.25) is 0 Å². The quantitative estimate of drug-likeness (QED) is 0.330. The van der Waals surface area contributed by atoms with Crippen LogP contribution in [0.3, 0.4) is 0 Å². The van der Waals surface area contributed by atoms with Gasteiger partial charge in [-0.05, 0) is 25.0 Å². The number of ketones is 1. The summed E-state index contributed by atoms with van der Waals surface area (Å²) in [6.07, 6.45) is 1.95. The van der Waals surface area contributed by atoms with Crippen molar-refractivity contribution in [1.29, 1.82) is 0 Å². The fraction of sp³-hybridized carbons (Fsp3) is 0.263. The summed E-state index contributed by atoms with van der Waals surface area (Å²) < 4.78 is 4.97.